The monoisotopic (exact) mass is 137 g/mol. The van der Waals surface area contributed by atoms with Crippen LogP contribution in [-0.2, 0) is 11.0 Å². The van der Waals surface area contributed by atoms with Crippen LogP contribution >= 0.6 is 0 Å². The van der Waals surface area contributed by atoms with Crippen molar-refractivity contribution in [3.63, 3.8) is 0 Å². The van der Waals surface area contributed by atoms with Crippen molar-refractivity contribution < 1.29 is 9.42 Å². The molecule has 0 unspecified atom stereocenters. The Morgan fingerprint density at radius 2 is 1.88 bits per heavy atom. The Balaban J connectivity index is 3.82. The summed E-state index contributed by atoms with van der Waals surface area (Å²) >= 11 is 0. The third-order valence-corrected chi connectivity index (χ3v) is 1.92. The molecule has 0 aromatic rings. The molecule has 0 aliphatic rings. The molecule has 4 heteroatoms. The Labute approximate surface area is 51.6 Å². The molecule has 0 aliphatic heterocycles. The summed E-state index contributed by atoms with van der Waals surface area (Å²) in [6.07, 6.45) is 0. The highest BCUT2D eigenvalue weighted by Gasteiger charge is 2.17. The zero-order chi connectivity index (χ0) is 6.78. The van der Waals surface area contributed by atoms with Gasteiger partial charge in [-0.3, -0.25) is 0 Å². The molecule has 0 aromatic carbocycles. The molecule has 0 bridgehead atoms. The van der Waals surface area contributed by atoms with E-state index in [1.54, 1.807) is 25.7 Å². The summed E-state index contributed by atoms with van der Waals surface area (Å²) in [7, 11) is -1.34. The van der Waals surface area contributed by atoms with E-state index in [1.807, 2.05) is 0 Å². The van der Waals surface area contributed by atoms with Gasteiger partial charge in [0.15, 0.2) is 0 Å². The van der Waals surface area contributed by atoms with Gasteiger partial charge >= 0.3 is 0 Å². The fourth-order valence-electron chi connectivity index (χ4n) is 0.137. The van der Waals surface area contributed by atoms with Crippen LogP contribution in [0.15, 0.2) is 0 Å². The minimum Gasteiger partial charge on any atom is -0.304 e. The maximum atomic E-state index is 10.6. The van der Waals surface area contributed by atoms with Crippen molar-refractivity contribution >= 4 is 11.0 Å². The van der Waals surface area contributed by atoms with Crippen LogP contribution in [0.4, 0.5) is 0 Å². The number of rotatable bonds is 1. The zero-order valence-electron chi connectivity index (χ0n) is 5.26. The van der Waals surface area contributed by atoms with Gasteiger partial charge in [-0.15, -0.1) is 4.89 Å². The molecule has 3 nitrogen and oxygen atoms in total. The molecule has 0 heterocycles. The molecule has 50 valence electrons. The van der Waals surface area contributed by atoms with Crippen LogP contribution in [0, 0.1) is 0 Å². The van der Waals surface area contributed by atoms with Gasteiger partial charge in [-0.1, -0.05) is 0 Å². The summed E-state index contributed by atoms with van der Waals surface area (Å²) in [4.78, 5) is 1.68. The second-order valence-corrected chi connectivity index (χ2v) is 4.42. The van der Waals surface area contributed by atoms with Gasteiger partial charge < -0.3 is 5.21 Å². The maximum absolute atomic E-state index is 10.6. The molecule has 0 spiro atoms. The molecule has 0 fully saturated rings. The first kappa shape index (κ1) is 8.07. The SMILES string of the molecule is CC(C)(C)[S@](=O)NO. The predicted molar refractivity (Wildman–Crippen MR) is 32.8 cm³/mol. The number of hydrogen-bond donors (Lipinski definition) is 2. The van der Waals surface area contributed by atoms with Crippen LogP contribution in [0.5, 0.6) is 0 Å². The Bertz CT molecular complexity index is 96.7. The van der Waals surface area contributed by atoms with Crippen LogP contribution in [0.2, 0.25) is 0 Å². The lowest BCUT2D eigenvalue weighted by Gasteiger charge is -2.14. The van der Waals surface area contributed by atoms with Crippen LogP contribution in [0.25, 0.3) is 0 Å². The average Bonchev–Trinajstić information content (AvgIpc) is 1.62. The van der Waals surface area contributed by atoms with E-state index in [0.29, 0.717) is 0 Å². The second kappa shape index (κ2) is 2.57. The van der Waals surface area contributed by atoms with E-state index in [9.17, 15) is 4.21 Å². The highest BCUT2D eigenvalue weighted by Crippen LogP contribution is 2.06. The predicted octanol–water partition coefficient (Wildman–Crippen LogP) is 0.427. The molecule has 0 aromatic heterocycles. The van der Waals surface area contributed by atoms with Gasteiger partial charge in [-0.2, -0.15) is 0 Å². The zero-order valence-corrected chi connectivity index (χ0v) is 6.08. The minimum absolute atomic E-state index is 0.380. The smallest absolute Gasteiger partial charge is 0.121 e. The largest absolute Gasteiger partial charge is 0.304 e. The molecule has 0 saturated carbocycles. The Morgan fingerprint density at radius 1 is 1.50 bits per heavy atom. The van der Waals surface area contributed by atoms with Crippen molar-refractivity contribution in [1.29, 1.82) is 0 Å². The first-order chi connectivity index (χ1) is 3.48. The molecule has 0 saturated heterocycles. The molecule has 0 rings (SSSR count). The summed E-state index contributed by atoms with van der Waals surface area (Å²) < 4.78 is 10.2. The number of nitrogens with one attached hydrogen (secondary N) is 1. The second-order valence-electron chi connectivity index (χ2n) is 2.47. The standard InChI is InChI=1S/C4H11NO2S/c1-4(2,3)8(7)5-6/h5-6H,1-3H3/t8-/m0/s1. The molecule has 1 atom stereocenters. The summed E-state index contributed by atoms with van der Waals surface area (Å²) in [6, 6.07) is 0. The lowest BCUT2D eigenvalue weighted by molar-refractivity contribution is 0.248. The molecular weight excluding hydrogens is 126 g/mol. The third kappa shape index (κ3) is 2.40. The molecule has 0 aliphatic carbocycles. The Kier molecular flexibility index (Phi) is 2.59. The van der Waals surface area contributed by atoms with E-state index in [1.165, 1.54) is 0 Å². The van der Waals surface area contributed by atoms with Crippen molar-refractivity contribution in [2.75, 3.05) is 0 Å². The maximum Gasteiger partial charge on any atom is 0.121 e. The number of hydrogen-bond acceptors (Lipinski definition) is 2. The van der Waals surface area contributed by atoms with Crippen molar-refractivity contribution in [3.8, 4) is 0 Å². The fraction of sp³-hybridized carbons (Fsp3) is 1.00. The van der Waals surface area contributed by atoms with Gasteiger partial charge in [0.25, 0.3) is 0 Å². The quantitative estimate of drug-likeness (QED) is 0.515. The van der Waals surface area contributed by atoms with E-state index < -0.39 is 11.0 Å². The van der Waals surface area contributed by atoms with E-state index in [0.717, 1.165) is 0 Å². The van der Waals surface area contributed by atoms with Gasteiger partial charge in [-0.25, -0.2) is 4.21 Å². The minimum atomic E-state index is -1.34. The van der Waals surface area contributed by atoms with Crippen molar-refractivity contribution in [2.24, 2.45) is 0 Å². The van der Waals surface area contributed by atoms with E-state index in [4.69, 9.17) is 5.21 Å². The Morgan fingerprint density at radius 3 is 1.88 bits per heavy atom. The van der Waals surface area contributed by atoms with Gasteiger partial charge in [-0.05, 0) is 20.8 Å². The van der Waals surface area contributed by atoms with Gasteiger partial charge in [0, 0.05) is 0 Å². The summed E-state index contributed by atoms with van der Waals surface area (Å²) in [5.74, 6) is 0. The lowest BCUT2D eigenvalue weighted by Crippen LogP contribution is -2.30. The molecule has 0 amide bonds. The van der Waals surface area contributed by atoms with Crippen LogP contribution in [0.3, 0.4) is 0 Å². The van der Waals surface area contributed by atoms with E-state index in [2.05, 4.69) is 0 Å². The highest BCUT2D eigenvalue weighted by atomic mass is 32.2. The summed E-state index contributed by atoms with van der Waals surface area (Å²) in [6.45, 7) is 5.31. The van der Waals surface area contributed by atoms with Gasteiger partial charge in [0.1, 0.15) is 11.0 Å². The normalized spacial score (nSPS) is 16.0. The fourth-order valence-corrected chi connectivity index (χ4v) is 0.411. The first-order valence-electron chi connectivity index (χ1n) is 2.30. The van der Waals surface area contributed by atoms with Gasteiger partial charge in [0.05, 0.1) is 4.75 Å². The molecular formula is C4H11NO2S. The van der Waals surface area contributed by atoms with Crippen molar-refractivity contribution in [1.82, 2.24) is 4.89 Å². The highest BCUT2D eigenvalue weighted by molar-refractivity contribution is 7.84. The van der Waals surface area contributed by atoms with Crippen LogP contribution < -0.4 is 4.89 Å². The van der Waals surface area contributed by atoms with E-state index in [-0.39, 0.29) is 4.75 Å². The molecule has 0 radical (unpaired) electrons. The molecule has 8 heavy (non-hydrogen) atoms. The summed E-state index contributed by atoms with van der Waals surface area (Å²) in [5, 5.41) is 8.12. The van der Waals surface area contributed by atoms with Crippen LogP contribution in [0.1, 0.15) is 20.8 Å². The topological polar surface area (TPSA) is 49.3 Å². The molecule has 2 N–H and O–H groups in total. The van der Waals surface area contributed by atoms with Crippen molar-refractivity contribution in [3.05, 3.63) is 0 Å². The summed E-state index contributed by atoms with van der Waals surface area (Å²) in [5.41, 5.74) is 0. The van der Waals surface area contributed by atoms with Crippen LogP contribution in [-0.4, -0.2) is 14.2 Å². The van der Waals surface area contributed by atoms with Crippen molar-refractivity contribution in [2.45, 2.75) is 25.5 Å². The lowest BCUT2D eigenvalue weighted by atomic mass is 10.3. The van der Waals surface area contributed by atoms with E-state index >= 15 is 0 Å². The van der Waals surface area contributed by atoms with Gasteiger partial charge in [0.2, 0.25) is 0 Å². The first-order valence-corrected chi connectivity index (χ1v) is 3.45. The Hall–Kier alpha value is 0.0700. The third-order valence-electron chi connectivity index (χ3n) is 0.639. The average molecular weight is 137 g/mol.